The van der Waals surface area contributed by atoms with Crippen LogP contribution in [0.1, 0.15) is 36.7 Å². The van der Waals surface area contributed by atoms with Gasteiger partial charge >= 0.3 is 0 Å². The molecule has 0 aliphatic carbocycles. The molecule has 1 saturated heterocycles. The van der Waals surface area contributed by atoms with E-state index in [1.54, 1.807) is 13.0 Å². The predicted octanol–water partition coefficient (Wildman–Crippen LogP) is 1.92. The number of aromatic nitrogens is 2. The van der Waals surface area contributed by atoms with Crippen molar-refractivity contribution >= 4 is 15.7 Å². The average molecular weight is 354 g/mol. The summed E-state index contributed by atoms with van der Waals surface area (Å²) in [6.07, 6.45) is 0.941. The summed E-state index contributed by atoms with van der Waals surface area (Å²) in [7, 11) is -3.65. The Morgan fingerprint density at radius 2 is 2.21 bits per heavy atom. The first-order chi connectivity index (χ1) is 11.4. The second-order valence-electron chi connectivity index (χ2n) is 5.82. The minimum atomic E-state index is -3.65. The maximum absolute atomic E-state index is 13.6. The molecule has 1 fully saturated rings. The number of hydrogen-bond acceptors (Lipinski definition) is 6. The Morgan fingerprint density at radius 3 is 2.88 bits per heavy atom. The number of nitrogens with one attached hydrogen (secondary N) is 2. The van der Waals surface area contributed by atoms with Crippen LogP contribution in [0.15, 0.2) is 22.6 Å². The van der Waals surface area contributed by atoms with Crippen LogP contribution >= 0.6 is 0 Å². The Balaban J connectivity index is 1.70. The van der Waals surface area contributed by atoms with E-state index in [0.717, 1.165) is 0 Å². The van der Waals surface area contributed by atoms with Crippen molar-refractivity contribution in [3.05, 3.63) is 41.4 Å². The lowest BCUT2D eigenvalue weighted by molar-refractivity contribution is 0.405. The Bertz CT molecular complexity index is 837. The fourth-order valence-electron chi connectivity index (χ4n) is 2.58. The van der Waals surface area contributed by atoms with Gasteiger partial charge in [-0.05, 0) is 31.0 Å². The van der Waals surface area contributed by atoms with Crippen molar-refractivity contribution < 1.29 is 17.2 Å². The molecule has 1 aromatic heterocycles. The highest BCUT2D eigenvalue weighted by atomic mass is 32.2. The van der Waals surface area contributed by atoms with Gasteiger partial charge in [-0.2, -0.15) is 0 Å². The normalized spacial score (nSPS) is 21.1. The maximum atomic E-state index is 13.6. The molecule has 0 saturated carbocycles. The molecule has 2 aromatic rings. The van der Waals surface area contributed by atoms with Gasteiger partial charge in [-0.15, -0.1) is 10.2 Å². The van der Waals surface area contributed by atoms with Gasteiger partial charge in [-0.25, -0.2) is 12.8 Å². The Hall–Kier alpha value is -2.00. The molecule has 130 valence electrons. The Morgan fingerprint density at radius 1 is 1.42 bits per heavy atom. The molecule has 0 radical (unpaired) electrons. The second kappa shape index (κ2) is 6.48. The van der Waals surface area contributed by atoms with Gasteiger partial charge in [0.2, 0.25) is 21.8 Å². The molecular formula is C15H19FN4O3S. The lowest BCUT2D eigenvalue weighted by Gasteiger charge is -2.13. The number of halogens is 1. The first-order valence-electron chi connectivity index (χ1n) is 7.72. The first-order valence-corrected chi connectivity index (χ1v) is 9.27. The summed E-state index contributed by atoms with van der Waals surface area (Å²) in [5.74, 6) is 0.466. The molecule has 1 aliphatic rings. The number of aryl methyl sites for hydroxylation is 2. The first kappa shape index (κ1) is 16.8. The zero-order chi connectivity index (χ0) is 17.3. The summed E-state index contributed by atoms with van der Waals surface area (Å²) in [4.78, 5) is 0. The number of hydrogen-bond donors (Lipinski definition) is 2. The van der Waals surface area contributed by atoms with E-state index in [2.05, 4.69) is 20.2 Å². The molecule has 3 rings (SSSR count). The molecule has 0 amide bonds. The minimum Gasteiger partial charge on any atom is -0.424 e. The number of anilines is 1. The van der Waals surface area contributed by atoms with Crippen LogP contribution < -0.4 is 10.0 Å². The molecule has 2 unspecified atom stereocenters. The van der Waals surface area contributed by atoms with E-state index in [1.165, 1.54) is 12.1 Å². The summed E-state index contributed by atoms with van der Waals surface area (Å²) >= 11 is 0. The van der Waals surface area contributed by atoms with E-state index in [9.17, 15) is 12.8 Å². The topological polar surface area (TPSA) is 97.1 Å². The van der Waals surface area contributed by atoms with E-state index >= 15 is 0 Å². The molecule has 2 heterocycles. The van der Waals surface area contributed by atoms with Gasteiger partial charge in [-0.1, -0.05) is 13.0 Å². The van der Waals surface area contributed by atoms with Crippen molar-refractivity contribution in [1.82, 2.24) is 15.5 Å². The third-order valence-electron chi connectivity index (χ3n) is 4.04. The number of rotatable bonds is 5. The summed E-state index contributed by atoms with van der Waals surface area (Å²) in [6.45, 7) is 3.78. The van der Waals surface area contributed by atoms with Crippen molar-refractivity contribution in [2.45, 2.75) is 38.0 Å². The van der Waals surface area contributed by atoms with Crippen LogP contribution in [0, 0.1) is 12.7 Å². The van der Waals surface area contributed by atoms with Gasteiger partial charge in [0.05, 0.1) is 17.0 Å². The van der Waals surface area contributed by atoms with Crippen LogP contribution in [0.5, 0.6) is 0 Å². The van der Waals surface area contributed by atoms with E-state index in [4.69, 9.17) is 4.42 Å². The highest BCUT2D eigenvalue weighted by molar-refractivity contribution is 7.93. The summed E-state index contributed by atoms with van der Waals surface area (Å²) < 4.78 is 46.5. The standard InChI is InChI=1S/C15H19FN4O3S/c1-3-14-18-19-15(23-14)13-7-11(8-17-13)24(21,22)20-10-5-4-9(2)12(16)6-10/h4-6,11,13,17,20H,3,7-8H2,1-2H3. The van der Waals surface area contributed by atoms with Gasteiger partial charge in [0.1, 0.15) is 5.82 Å². The summed E-state index contributed by atoms with van der Waals surface area (Å²) in [5, 5.41) is 10.3. The Labute approximate surface area is 139 Å². The molecule has 7 nitrogen and oxygen atoms in total. The van der Waals surface area contributed by atoms with Crippen LogP contribution in [0.4, 0.5) is 10.1 Å². The van der Waals surface area contributed by atoms with E-state index in [1.807, 2.05) is 6.92 Å². The monoisotopic (exact) mass is 354 g/mol. The van der Waals surface area contributed by atoms with Gasteiger partial charge < -0.3 is 9.73 Å². The van der Waals surface area contributed by atoms with Crippen molar-refractivity contribution in [3.63, 3.8) is 0 Å². The molecule has 1 aromatic carbocycles. The van der Waals surface area contributed by atoms with Crippen molar-refractivity contribution in [2.24, 2.45) is 0 Å². The molecule has 0 bridgehead atoms. The summed E-state index contributed by atoms with van der Waals surface area (Å²) in [5.41, 5.74) is 0.677. The third kappa shape index (κ3) is 3.41. The molecule has 9 heteroatoms. The predicted molar refractivity (Wildman–Crippen MR) is 86.5 cm³/mol. The van der Waals surface area contributed by atoms with Gasteiger partial charge in [0, 0.05) is 13.0 Å². The highest BCUT2D eigenvalue weighted by Crippen LogP contribution is 2.27. The second-order valence-corrected chi connectivity index (χ2v) is 7.78. The molecular weight excluding hydrogens is 335 g/mol. The lowest BCUT2D eigenvalue weighted by atomic mass is 10.2. The van der Waals surface area contributed by atoms with Gasteiger partial charge in [0.15, 0.2) is 0 Å². The minimum absolute atomic E-state index is 0.215. The fraction of sp³-hybridized carbons (Fsp3) is 0.467. The van der Waals surface area contributed by atoms with Crippen LogP contribution in [0.25, 0.3) is 0 Å². The number of benzene rings is 1. The number of nitrogens with zero attached hydrogens (tertiary/aromatic N) is 2. The SMILES string of the molecule is CCc1nnc(C2CC(S(=O)(=O)Nc3ccc(C)c(F)c3)CN2)o1. The van der Waals surface area contributed by atoms with Crippen molar-refractivity contribution in [1.29, 1.82) is 0 Å². The van der Waals surface area contributed by atoms with E-state index < -0.39 is 21.1 Å². The molecule has 24 heavy (non-hydrogen) atoms. The molecule has 2 N–H and O–H groups in total. The zero-order valence-electron chi connectivity index (χ0n) is 13.4. The summed E-state index contributed by atoms with van der Waals surface area (Å²) in [6, 6.07) is 3.96. The molecule has 2 atom stereocenters. The van der Waals surface area contributed by atoms with Crippen LogP contribution in [0.2, 0.25) is 0 Å². The quantitative estimate of drug-likeness (QED) is 0.851. The van der Waals surface area contributed by atoms with Crippen molar-refractivity contribution in [2.75, 3.05) is 11.3 Å². The molecule has 0 spiro atoms. The highest BCUT2D eigenvalue weighted by Gasteiger charge is 2.37. The smallest absolute Gasteiger partial charge is 0.236 e. The fourth-order valence-corrected chi connectivity index (χ4v) is 3.97. The van der Waals surface area contributed by atoms with Gasteiger partial charge in [0.25, 0.3) is 0 Å². The lowest BCUT2D eigenvalue weighted by Crippen LogP contribution is -2.29. The van der Waals surface area contributed by atoms with Crippen LogP contribution in [0.3, 0.4) is 0 Å². The van der Waals surface area contributed by atoms with Crippen molar-refractivity contribution in [3.8, 4) is 0 Å². The van der Waals surface area contributed by atoms with Crippen LogP contribution in [-0.4, -0.2) is 30.4 Å². The third-order valence-corrected chi connectivity index (χ3v) is 5.80. The van der Waals surface area contributed by atoms with E-state index in [-0.39, 0.29) is 18.3 Å². The largest absolute Gasteiger partial charge is 0.424 e. The zero-order valence-corrected chi connectivity index (χ0v) is 14.2. The average Bonchev–Trinajstić information content (AvgIpc) is 3.19. The van der Waals surface area contributed by atoms with Crippen LogP contribution in [-0.2, 0) is 16.4 Å². The van der Waals surface area contributed by atoms with Gasteiger partial charge in [-0.3, -0.25) is 4.72 Å². The molecule has 1 aliphatic heterocycles. The van der Waals surface area contributed by atoms with E-state index in [0.29, 0.717) is 30.2 Å². The maximum Gasteiger partial charge on any atom is 0.236 e. The number of sulfonamides is 1. The Kier molecular flexibility index (Phi) is 4.55.